The van der Waals surface area contributed by atoms with Crippen molar-refractivity contribution in [2.45, 2.75) is 81.8 Å². The molecule has 3 aliphatic heterocycles. The SMILES string of the molecule is Cc1cc(Nc2cc3nc(CN4CCN(C)CC4)ccc3c(NC3C[C@H]4CC[C@@H](C3)N4S(=O)(=O)C3CCC3)n2)n[nH]1. The van der Waals surface area contributed by atoms with Crippen molar-refractivity contribution in [2.24, 2.45) is 0 Å². The second-order valence-electron chi connectivity index (χ2n) is 12.5. The van der Waals surface area contributed by atoms with Crippen LogP contribution in [0.1, 0.15) is 56.3 Å². The fourth-order valence-electron chi connectivity index (χ4n) is 6.98. The van der Waals surface area contributed by atoms with E-state index in [2.05, 4.69) is 49.8 Å². The molecule has 220 valence electrons. The van der Waals surface area contributed by atoms with Crippen LogP contribution in [0.25, 0.3) is 10.9 Å². The van der Waals surface area contributed by atoms with Crippen molar-refractivity contribution in [3.63, 3.8) is 0 Å². The highest BCUT2D eigenvalue weighted by molar-refractivity contribution is 7.89. The summed E-state index contributed by atoms with van der Waals surface area (Å²) in [4.78, 5) is 14.9. The normalized spacial score (nSPS) is 26.3. The van der Waals surface area contributed by atoms with Crippen molar-refractivity contribution >= 4 is 38.4 Å². The number of H-pyrrole nitrogens is 1. The van der Waals surface area contributed by atoms with Crippen molar-refractivity contribution < 1.29 is 8.42 Å². The molecule has 3 N–H and O–H groups in total. The summed E-state index contributed by atoms with van der Waals surface area (Å²) in [5.74, 6) is 2.18. The van der Waals surface area contributed by atoms with E-state index in [0.717, 1.165) is 106 Å². The zero-order valence-corrected chi connectivity index (χ0v) is 24.8. The monoisotopic (exact) mass is 579 g/mol. The van der Waals surface area contributed by atoms with Crippen LogP contribution in [0.15, 0.2) is 24.3 Å². The van der Waals surface area contributed by atoms with Gasteiger partial charge in [-0.1, -0.05) is 6.42 Å². The van der Waals surface area contributed by atoms with Crippen molar-refractivity contribution in [2.75, 3.05) is 43.9 Å². The molecule has 1 saturated carbocycles. The summed E-state index contributed by atoms with van der Waals surface area (Å²) < 4.78 is 28.6. The van der Waals surface area contributed by atoms with Crippen LogP contribution in [-0.2, 0) is 16.6 Å². The van der Waals surface area contributed by atoms with E-state index in [-0.39, 0.29) is 23.4 Å². The Kier molecular flexibility index (Phi) is 7.12. The average molecular weight is 580 g/mol. The highest BCUT2D eigenvalue weighted by Crippen LogP contribution is 2.42. The van der Waals surface area contributed by atoms with Crippen molar-refractivity contribution in [3.8, 4) is 0 Å². The van der Waals surface area contributed by atoms with Gasteiger partial charge in [0.25, 0.3) is 0 Å². The lowest BCUT2D eigenvalue weighted by Gasteiger charge is -2.41. The van der Waals surface area contributed by atoms with Crippen molar-refractivity contribution in [1.29, 1.82) is 0 Å². The summed E-state index contributed by atoms with van der Waals surface area (Å²) in [6.45, 7) is 7.03. The first-order chi connectivity index (χ1) is 19.8. The maximum Gasteiger partial charge on any atom is 0.217 e. The molecule has 4 aliphatic rings. The van der Waals surface area contributed by atoms with Crippen molar-refractivity contribution in [1.82, 2.24) is 34.3 Å². The van der Waals surface area contributed by atoms with Crippen LogP contribution in [0.2, 0.25) is 0 Å². The molecule has 0 amide bonds. The van der Waals surface area contributed by atoms with Crippen LogP contribution < -0.4 is 10.6 Å². The molecular weight excluding hydrogens is 538 g/mol. The number of aryl methyl sites for hydroxylation is 1. The molecule has 2 bridgehead atoms. The van der Waals surface area contributed by atoms with E-state index >= 15 is 0 Å². The van der Waals surface area contributed by atoms with Gasteiger partial charge in [0.05, 0.1) is 16.5 Å². The van der Waals surface area contributed by atoms with Gasteiger partial charge in [-0.3, -0.25) is 15.0 Å². The Balaban J connectivity index is 1.15. The van der Waals surface area contributed by atoms with E-state index in [1.165, 1.54) is 0 Å². The maximum absolute atomic E-state index is 13.3. The summed E-state index contributed by atoms with van der Waals surface area (Å²) in [6, 6.07) is 8.51. The number of aromatic amines is 1. The van der Waals surface area contributed by atoms with Crippen LogP contribution in [0, 0.1) is 6.92 Å². The predicted molar refractivity (Wildman–Crippen MR) is 161 cm³/mol. The number of hydrogen-bond acceptors (Lipinski definition) is 9. The number of rotatable bonds is 8. The lowest BCUT2D eigenvalue weighted by atomic mass is 9.99. The molecule has 0 aromatic carbocycles. The lowest BCUT2D eigenvalue weighted by molar-refractivity contribution is 0.147. The summed E-state index contributed by atoms with van der Waals surface area (Å²) in [5.41, 5.74) is 2.91. The number of hydrogen-bond donors (Lipinski definition) is 3. The number of piperazine rings is 1. The molecule has 41 heavy (non-hydrogen) atoms. The molecule has 1 aliphatic carbocycles. The zero-order valence-electron chi connectivity index (χ0n) is 24.0. The third kappa shape index (κ3) is 5.42. The van der Waals surface area contributed by atoms with Gasteiger partial charge < -0.3 is 15.5 Å². The predicted octanol–water partition coefficient (Wildman–Crippen LogP) is 3.44. The van der Waals surface area contributed by atoms with Gasteiger partial charge in [-0.2, -0.15) is 9.40 Å². The minimum Gasteiger partial charge on any atom is -0.367 e. The van der Waals surface area contributed by atoms with E-state index in [9.17, 15) is 8.42 Å². The minimum atomic E-state index is -3.20. The van der Waals surface area contributed by atoms with Crippen LogP contribution >= 0.6 is 0 Å². The molecule has 1 unspecified atom stereocenters. The van der Waals surface area contributed by atoms with Gasteiger partial charge >= 0.3 is 0 Å². The summed E-state index contributed by atoms with van der Waals surface area (Å²) in [7, 11) is -1.03. The second kappa shape index (κ2) is 10.8. The van der Waals surface area contributed by atoms with Gasteiger partial charge in [-0.25, -0.2) is 13.4 Å². The molecule has 4 fully saturated rings. The lowest BCUT2D eigenvalue weighted by Crippen LogP contribution is -2.53. The molecule has 0 spiro atoms. The minimum absolute atomic E-state index is 0.0739. The highest BCUT2D eigenvalue weighted by atomic mass is 32.2. The topological polar surface area (TPSA) is 122 Å². The molecule has 12 heteroatoms. The third-order valence-corrected chi connectivity index (χ3v) is 12.0. The number of nitrogens with one attached hydrogen (secondary N) is 3. The third-order valence-electron chi connectivity index (χ3n) is 9.46. The van der Waals surface area contributed by atoms with Crippen LogP contribution in [0.4, 0.5) is 17.5 Å². The number of likely N-dealkylation sites (N-methyl/N-ethyl adjacent to an activating group) is 1. The van der Waals surface area contributed by atoms with E-state index in [0.29, 0.717) is 11.6 Å². The first-order valence-corrected chi connectivity index (χ1v) is 16.6. The Morgan fingerprint density at radius 3 is 2.39 bits per heavy atom. The summed E-state index contributed by atoms with van der Waals surface area (Å²) in [6.07, 6.45) is 6.15. The number of aromatic nitrogens is 4. The zero-order chi connectivity index (χ0) is 28.1. The van der Waals surface area contributed by atoms with Crippen molar-refractivity contribution in [3.05, 3.63) is 35.7 Å². The van der Waals surface area contributed by atoms with Gasteiger partial charge in [0, 0.05) is 74.1 Å². The van der Waals surface area contributed by atoms with E-state index in [4.69, 9.17) is 9.97 Å². The molecule has 3 atom stereocenters. The number of nitrogens with zero attached hydrogens (tertiary/aromatic N) is 6. The molecule has 3 aromatic heterocycles. The fourth-order valence-corrected chi connectivity index (χ4v) is 9.47. The molecular formula is C29H41N9O2S. The van der Waals surface area contributed by atoms with Crippen LogP contribution in [0.5, 0.6) is 0 Å². The number of fused-ring (bicyclic) bond motifs is 3. The first-order valence-electron chi connectivity index (χ1n) is 15.1. The summed E-state index contributed by atoms with van der Waals surface area (Å²) >= 11 is 0. The van der Waals surface area contributed by atoms with Gasteiger partial charge in [0.2, 0.25) is 10.0 Å². The molecule has 11 nitrogen and oxygen atoms in total. The Hall–Kier alpha value is -2.80. The largest absolute Gasteiger partial charge is 0.367 e. The molecule has 3 saturated heterocycles. The number of anilines is 3. The molecule has 3 aromatic rings. The molecule has 0 radical (unpaired) electrons. The average Bonchev–Trinajstić information content (AvgIpc) is 3.44. The maximum atomic E-state index is 13.3. The fraction of sp³-hybridized carbons (Fsp3) is 0.621. The van der Waals surface area contributed by atoms with Gasteiger partial charge in [-0.05, 0) is 64.6 Å². The van der Waals surface area contributed by atoms with Crippen LogP contribution in [0.3, 0.4) is 0 Å². The Morgan fingerprint density at radius 1 is 0.976 bits per heavy atom. The quantitative estimate of drug-likeness (QED) is 0.368. The Bertz CT molecular complexity index is 1500. The second-order valence-corrected chi connectivity index (χ2v) is 14.6. The Labute approximate surface area is 242 Å². The van der Waals surface area contributed by atoms with E-state index in [1.807, 2.05) is 23.4 Å². The summed E-state index contributed by atoms with van der Waals surface area (Å²) in [5, 5.41) is 15.2. The van der Waals surface area contributed by atoms with E-state index < -0.39 is 10.0 Å². The van der Waals surface area contributed by atoms with Crippen LogP contribution in [-0.4, -0.2) is 99.3 Å². The standard InChI is InChI=1S/C29H41N9O2S/c1-19-14-28(35-34-19)32-27-17-26-25(9-6-20(30-26)18-37-12-10-36(2)11-13-37)29(33-27)31-21-15-22-7-8-23(16-21)38(22)41(39,40)24-4-3-5-24/h6,9,14,17,21-24H,3-5,7-8,10-13,15-16,18H2,1-2H3,(H3,31,32,33,34,35)/t21?,22-,23+. The first kappa shape index (κ1) is 27.1. The van der Waals surface area contributed by atoms with Gasteiger partial charge in [0.15, 0.2) is 5.82 Å². The molecule has 6 heterocycles. The Morgan fingerprint density at radius 2 is 1.73 bits per heavy atom. The number of sulfonamides is 1. The number of pyridine rings is 2. The smallest absolute Gasteiger partial charge is 0.217 e. The van der Waals surface area contributed by atoms with Gasteiger partial charge in [0.1, 0.15) is 11.6 Å². The number of piperidine rings is 1. The van der Waals surface area contributed by atoms with Gasteiger partial charge in [-0.15, -0.1) is 0 Å². The molecule has 7 rings (SSSR count). The van der Waals surface area contributed by atoms with E-state index in [1.54, 1.807) is 0 Å². The highest BCUT2D eigenvalue weighted by Gasteiger charge is 2.50.